The molecule has 216 valence electrons. The van der Waals surface area contributed by atoms with E-state index in [0.717, 1.165) is 24.3 Å². The SMILES string of the molecule is C[C@]12C[C@H](O)[C@@]3(F)[C@@H](C[C@H](F)C4=CC(=O)C=C[C@@]43C)C1C[C@@H](CN(O)c1ccc(Cl)cc1)[C@@H]2C(=O)SC1CCC1. The molecule has 5 aliphatic rings. The molecular weight excluding hydrogens is 556 g/mol. The first-order valence-electron chi connectivity index (χ1n) is 14.3. The van der Waals surface area contributed by atoms with Crippen LogP contribution in [0, 0.1) is 34.5 Å². The molecule has 40 heavy (non-hydrogen) atoms. The quantitative estimate of drug-likeness (QED) is 0.380. The van der Waals surface area contributed by atoms with Crippen molar-refractivity contribution in [2.75, 3.05) is 11.6 Å². The van der Waals surface area contributed by atoms with Gasteiger partial charge in [0, 0.05) is 34.1 Å². The van der Waals surface area contributed by atoms with E-state index in [2.05, 4.69) is 0 Å². The fourth-order valence-electron chi connectivity index (χ4n) is 8.69. The molecule has 0 aliphatic heterocycles. The first-order valence-corrected chi connectivity index (χ1v) is 15.5. The summed E-state index contributed by atoms with van der Waals surface area (Å²) in [6.45, 7) is 3.69. The summed E-state index contributed by atoms with van der Waals surface area (Å²) in [5.74, 6) is -2.47. The van der Waals surface area contributed by atoms with Crippen molar-refractivity contribution >= 4 is 39.9 Å². The Morgan fingerprint density at radius 1 is 1.18 bits per heavy atom. The molecule has 0 spiro atoms. The monoisotopic (exact) mass is 591 g/mol. The maximum Gasteiger partial charge on any atom is 0.193 e. The molecule has 5 aliphatic carbocycles. The van der Waals surface area contributed by atoms with Crippen molar-refractivity contribution in [1.82, 2.24) is 0 Å². The summed E-state index contributed by atoms with van der Waals surface area (Å²) in [7, 11) is 0. The van der Waals surface area contributed by atoms with Gasteiger partial charge in [-0.25, -0.2) is 8.78 Å². The van der Waals surface area contributed by atoms with Crippen LogP contribution in [0.2, 0.25) is 5.02 Å². The van der Waals surface area contributed by atoms with Crippen LogP contribution in [0.25, 0.3) is 0 Å². The molecule has 0 saturated heterocycles. The first-order chi connectivity index (χ1) is 18.9. The molecule has 6 rings (SSSR count). The van der Waals surface area contributed by atoms with Crippen molar-refractivity contribution in [1.29, 1.82) is 0 Å². The number of anilines is 1. The van der Waals surface area contributed by atoms with E-state index in [-0.39, 0.29) is 52.9 Å². The number of nitrogens with zero attached hydrogens (tertiary/aromatic N) is 1. The van der Waals surface area contributed by atoms with Crippen LogP contribution in [0.4, 0.5) is 14.5 Å². The molecule has 0 bridgehead atoms. The second-order valence-corrected chi connectivity index (χ2v) is 14.7. The van der Waals surface area contributed by atoms with E-state index in [1.165, 1.54) is 30.0 Å². The number of benzene rings is 1. The third-order valence-electron chi connectivity index (χ3n) is 10.9. The van der Waals surface area contributed by atoms with Crippen LogP contribution in [0.15, 0.2) is 48.1 Å². The maximum absolute atomic E-state index is 17.6. The summed E-state index contributed by atoms with van der Waals surface area (Å²) in [6.07, 6.45) is 4.31. The Morgan fingerprint density at radius 3 is 2.52 bits per heavy atom. The van der Waals surface area contributed by atoms with Gasteiger partial charge in [0.05, 0.1) is 11.8 Å². The van der Waals surface area contributed by atoms with E-state index in [1.54, 1.807) is 31.2 Å². The van der Waals surface area contributed by atoms with E-state index in [1.807, 2.05) is 6.92 Å². The lowest BCUT2D eigenvalue weighted by molar-refractivity contribution is -0.201. The maximum atomic E-state index is 17.6. The largest absolute Gasteiger partial charge is 0.390 e. The summed E-state index contributed by atoms with van der Waals surface area (Å²) in [6, 6.07) is 6.75. The van der Waals surface area contributed by atoms with E-state index >= 15 is 8.78 Å². The van der Waals surface area contributed by atoms with Crippen molar-refractivity contribution in [2.24, 2.45) is 34.5 Å². The number of carbonyl (C=O) groups is 2. The Balaban J connectivity index is 1.38. The van der Waals surface area contributed by atoms with E-state index in [9.17, 15) is 19.9 Å². The topological polar surface area (TPSA) is 77.8 Å². The number of thioether (sulfide) groups is 1. The summed E-state index contributed by atoms with van der Waals surface area (Å²) < 4.78 is 33.3. The number of hydrogen-bond donors (Lipinski definition) is 2. The van der Waals surface area contributed by atoms with Gasteiger partial charge in [-0.2, -0.15) is 0 Å². The lowest BCUT2D eigenvalue weighted by atomic mass is 9.45. The van der Waals surface area contributed by atoms with Crippen LogP contribution in [0.1, 0.15) is 52.4 Å². The molecule has 4 saturated carbocycles. The molecule has 9 atom stereocenters. The lowest BCUT2D eigenvalue weighted by Crippen LogP contribution is -2.68. The average molecular weight is 592 g/mol. The number of hydroxylamine groups is 1. The highest BCUT2D eigenvalue weighted by Crippen LogP contribution is 2.70. The molecule has 2 N–H and O–H groups in total. The molecular formula is C31H36ClF2NO4S. The summed E-state index contributed by atoms with van der Waals surface area (Å²) in [4.78, 5) is 26.1. The summed E-state index contributed by atoms with van der Waals surface area (Å²) in [5, 5.41) is 24.6. The fraction of sp³-hybridized carbons (Fsp3) is 0.613. The van der Waals surface area contributed by atoms with Gasteiger partial charge >= 0.3 is 0 Å². The van der Waals surface area contributed by atoms with Crippen LogP contribution in [0.3, 0.4) is 0 Å². The Labute approximate surface area is 243 Å². The van der Waals surface area contributed by atoms with E-state index in [4.69, 9.17) is 11.6 Å². The number of aliphatic hydroxyl groups excluding tert-OH is 1. The van der Waals surface area contributed by atoms with Gasteiger partial charge in [0.25, 0.3) is 0 Å². The minimum Gasteiger partial charge on any atom is -0.390 e. The minimum absolute atomic E-state index is 0.0188. The zero-order chi connectivity index (χ0) is 28.6. The highest BCUT2D eigenvalue weighted by Gasteiger charge is 2.73. The zero-order valence-electron chi connectivity index (χ0n) is 22.7. The van der Waals surface area contributed by atoms with E-state index < -0.39 is 40.6 Å². The Hall–Kier alpha value is -1.74. The van der Waals surface area contributed by atoms with Crippen molar-refractivity contribution in [3.05, 3.63) is 53.1 Å². The summed E-state index contributed by atoms with van der Waals surface area (Å²) >= 11 is 7.38. The van der Waals surface area contributed by atoms with Crippen LogP contribution in [0.5, 0.6) is 0 Å². The fourth-order valence-corrected chi connectivity index (χ4v) is 10.3. The number of ketones is 1. The minimum atomic E-state index is -2.19. The molecule has 9 heteroatoms. The molecule has 1 unspecified atom stereocenters. The van der Waals surface area contributed by atoms with Gasteiger partial charge in [-0.15, -0.1) is 0 Å². The lowest BCUT2D eigenvalue weighted by Gasteiger charge is -2.62. The standard InChI is InChI=1S/C31H36ClF2NO4S/c1-29-15-26(37)31(34)23(14-25(33)24-13-20(36)10-11-30(24,31)2)22(29)12-17(27(29)28(38)40-21-4-3-5-21)16-35(39)19-8-6-18(32)7-9-19/h6-11,13,17,21-23,25-27,37,39H,3-5,12,14-16H2,1-2H3/t17-,22?,23-,25-,26-,27+,29-,30-,31-/m0/s1. The van der Waals surface area contributed by atoms with Crippen LogP contribution in [-0.4, -0.2) is 51.0 Å². The molecule has 5 nitrogen and oxygen atoms in total. The van der Waals surface area contributed by atoms with Crippen molar-refractivity contribution in [2.45, 2.75) is 75.6 Å². The zero-order valence-corrected chi connectivity index (χ0v) is 24.3. The molecule has 0 amide bonds. The normalized spacial score (nSPS) is 42.4. The smallest absolute Gasteiger partial charge is 0.193 e. The Kier molecular flexibility index (Phi) is 7.04. The average Bonchev–Trinajstić information content (AvgIpc) is 3.16. The Morgan fingerprint density at radius 2 is 1.88 bits per heavy atom. The highest BCUT2D eigenvalue weighted by atomic mass is 35.5. The summed E-state index contributed by atoms with van der Waals surface area (Å²) in [5.41, 5.74) is -3.81. The predicted octanol–water partition coefficient (Wildman–Crippen LogP) is 6.51. The van der Waals surface area contributed by atoms with E-state index in [0.29, 0.717) is 17.1 Å². The highest BCUT2D eigenvalue weighted by molar-refractivity contribution is 8.14. The van der Waals surface area contributed by atoms with Crippen molar-refractivity contribution in [3.63, 3.8) is 0 Å². The van der Waals surface area contributed by atoms with Crippen molar-refractivity contribution in [3.8, 4) is 0 Å². The number of fused-ring (bicyclic) bond motifs is 5. The second-order valence-electron chi connectivity index (χ2n) is 13.0. The molecule has 0 radical (unpaired) electrons. The molecule has 0 heterocycles. The van der Waals surface area contributed by atoms with Gasteiger partial charge < -0.3 is 5.11 Å². The van der Waals surface area contributed by atoms with Gasteiger partial charge in [-0.1, -0.05) is 42.8 Å². The Bertz CT molecular complexity index is 1270. The van der Waals surface area contributed by atoms with Gasteiger partial charge in [0.2, 0.25) is 0 Å². The van der Waals surface area contributed by atoms with Gasteiger partial charge in [0.15, 0.2) is 16.6 Å². The number of aliphatic hydroxyl groups is 1. The van der Waals surface area contributed by atoms with Crippen molar-refractivity contribution < 1.29 is 28.7 Å². The second kappa shape index (κ2) is 9.92. The molecule has 1 aromatic carbocycles. The number of carbonyl (C=O) groups excluding carboxylic acids is 2. The first kappa shape index (κ1) is 28.4. The van der Waals surface area contributed by atoms with Gasteiger partial charge in [-0.3, -0.25) is 19.9 Å². The number of alkyl halides is 2. The van der Waals surface area contributed by atoms with Crippen LogP contribution in [-0.2, 0) is 9.59 Å². The third kappa shape index (κ3) is 4.15. The van der Waals surface area contributed by atoms with Crippen LogP contribution < -0.4 is 5.06 Å². The predicted molar refractivity (Wildman–Crippen MR) is 152 cm³/mol. The molecule has 1 aromatic rings. The number of allylic oxidation sites excluding steroid dienone is 4. The molecule has 4 fully saturated rings. The number of rotatable bonds is 5. The van der Waals surface area contributed by atoms with Gasteiger partial charge in [-0.05, 0) is 98.3 Å². The number of halogens is 3. The number of hydrogen-bond acceptors (Lipinski definition) is 6. The van der Waals surface area contributed by atoms with Gasteiger partial charge in [0.1, 0.15) is 6.17 Å². The van der Waals surface area contributed by atoms with Crippen LogP contribution >= 0.6 is 23.4 Å². The third-order valence-corrected chi connectivity index (χ3v) is 12.5. The molecule has 0 aromatic heterocycles.